The van der Waals surface area contributed by atoms with Crippen LogP contribution in [-0.4, -0.2) is 41.3 Å². The van der Waals surface area contributed by atoms with Gasteiger partial charge in [-0.15, -0.1) is 0 Å². The molecule has 2 amide bonds. The monoisotopic (exact) mass is 336 g/mol. The molecule has 0 unspecified atom stereocenters. The van der Waals surface area contributed by atoms with Crippen LogP contribution in [0.15, 0.2) is 24.3 Å². The van der Waals surface area contributed by atoms with E-state index < -0.39 is 5.92 Å². The van der Waals surface area contributed by atoms with E-state index in [4.69, 9.17) is 0 Å². The summed E-state index contributed by atoms with van der Waals surface area (Å²) in [5, 5.41) is 3.10. The van der Waals surface area contributed by atoms with Gasteiger partial charge < -0.3 is 10.2 Å². The van der Waals surface area contributed by atoms with Crippen molar-refractivity contribution in [1.29, 1.82) is 0 Å². The lowest BCUT2D eigenvalue weighted by Crippen LogP contribution is -2.43. The SMILES string of the molecule is CN1C(=O)C[C@H](C(=O)N[C@@H]2CCCSC2)[C@@H]1c1ccc(F)cc1. The molecule has 0 bridgehead atoms. The fourth-order valence-electron chi connectivity index (χ4n) is 3.38. The van der Waals surface area contributed by atoms with Crippen LogP contribution in [-0.2, 0) is 9.59 Å². The Morgan fingerprint density at radius 3 is 2.74 bits per heavy atom. The maximum atomic E-state index is 13.2. The number of likely N-dealkylation sites (tertiary alicyclic amines) is 1. The van der Waals surface area contributed by atoms with Crippen molar-refractivity contribution in [1.82, 2.24) is 10.2 Å². The molecule has 2 heterocycles. The molecule has 2 aliphatic rings. The largest absolute Gasteiger partial charge is 0.352 e. The fourth-order valence-corrected chi connectivity index (χ4v) is 4.46. The molecule has 3 atom stereocenters. The first kappa shape index (κ1) is 16.3. The minimum absolute atomic E-state index is 0.0440. The number of amides is 2. The lowest BCUT2D eigenvalue weighted by Gasteiger charge is -2.28. The van der Waals surface area contributed by atoms with Crippen LogP contribution < -0.4 is 5.32 Å². The van der Waals surface area contributed by atoms with E-state index in [-0.39, 0.29) is 36.1 Å². The lowest BCUT2D eigenvalue weighted by atomic mass is 9.92. The summed E-state index contributed by atoms with van der Waals surface area (Å²) in [7, 11) is 1.71. The molecular weight excluding hydrogens is 315 g/mol. The summed E-state index contributed by atoms with van der Waals surface area (Å²) in [5.41, 5.74) is 0.804. The van der Waals surface area contributed by atoms with Crippen LogP contribution in [0.4, 0.5) is 4.39 Å². The van der Waals surface area contributed by atoms with Gasteiger partial charge in [0.1, 0.15) is 5.82 Å². The molecular formula is C17H21FN2O2S. The Labute approximate surface area is 139 Å². The zero-order chi connectivity index (χ0) is 16.4. The molecule has 0 aromatic heterocycles. The standard InChI is InChI=1S/C17H21FN2O2S/c1-20-15(21)9-14(16(20)11-4-6-12(18)7-5-11)17(22)19-13-3-2-8-23-10-13/h4-7,13-14,16H,2-3,8-10H2,1H3,(H,19,22)/t13-,14+,16+/m1/s1. The number of carbonyl (C=O) groups excluding carboxylic acids is 2. The molecule has 124 valence electrons. The Bertz CT molecular complexity index is 587. The second kappa shape index (κ2) is 6.91. The van der Waals surface area contributed by atoms with Gasteiger partial charge in [0, 0.05) is 25.3 Å². The maximum Gasteiger partial charge on any atom is 0.226 e. The lowest BCUT2D eigenvalue weighted by molar-refractivity contribution is -0.128. The molecule has 2 aliphatic heterocycles. The number of nitrogens with one attached hydrogen (secondary N) is 1. The van der Waals surface area contributed by atoms with Crippen molar-refractivity contribution in [2.75, 3.05) is 18.6 Å². The molecule has 1 N–H and O–H groups in total. The van der Waals surface area contributed by atoms with Gasteiger partial charge in [0.2, 0.25) is 11.8 Å². The van der Waals surface area contributed by atoms with Crippen LogP contribution >= 0.6 is 11.8 Å². The minimum atomic E-state index is -0.412. The summed E-state index contributed by atoms with van der Waals surface area (Å²) in [4.78, 5) is 26.4. The summed E-state index contributed by atoms with van der Waals surface area (Å²) in [5.74, 6) is 1.24. The van der Waals surface area contributed by atoms with Crippen LogP contribution in [0.25, 0.3) is 0 Å². The van der Waals surface area contributed by atoms with Crippen molar-refractivity contribution in [2.45, 2.75) is 31.3 Å². The molecule has 3 rings (SSSR count). The smallest absolute Gasteiger partial charge is 0.226 e. The third-order valence-corrected chi connectivity index (χ3v) is 5.86. The van der Waals surface area contributed by atoms with Gasteiger partial charge in [-0.2, -0.15) is 11.8 Å². The summed E-state index contributed by atoms with van der Waals surface area (Å²) in [6.07, 6.45) is 2.32. The van der Waals surface area contributed by atoms with Crippen LogP contribution in [0.1, 0.15) is 30.9 Å². The minimum Gasteiger partial charge on any atom is -0.352 e. The molecule has 2 fully saturated rings. The fraction of sp³-hybridized carbons (Fsp3) is 0.529. The molecule has 0 spiro atoms. The number of rotatable bonds is 3. The van der Waals surface area contributed by atoms with Gasteiger partial charge in [-0.1, -0.05) is 12.1 Å². The molecule has 0 aliphatic carbocycles. The van der Waals surface area contributed by atoms with Gasteiger partial charge in [0.15, 0.2) is 0 Å². The summed E-state index contributed by atoms with van der Waals surface area (Å²) < 4.78 is 13.2. The normalized spacial score (nSPS) is 28.0. The van der Waals surface area contributed by atoms with Crippen LogP contribution in [0, 0.1) is 11.7 Å². The predicted octanol–water partition coefficient (Wildman–Crippen LogP) is 2.36. The van der Waals surface area contributed by atoms with Gasteiger partial charge >= 0.3 is 0 Å². The van der Waals surface area contributed by atoms with Crippen LogP contribution in [0.3, 0.4) is 0 Å². The van der Waals surface area contributed by atoms with E-state index in [0.717, 1.165) is 29.9 Å². The van der Waals surface area contributed by atoms with E-state index in [1.54, 1.807) is 24.1 Å². The van der Waals surface area contributed by atoms with E-state index in [2.05, 4.69) is 5.32 Å². The highest BCUT2D eigenvalue weighted by Crippen LogP contribution is 2.37. The Balaban J connectivity index is 1.76. The van der Waals surface area contributed by atoms with Gasteiger partial charge in [-0.05, 0) is 36.3 Å². The topological polar surface area (TPSA) is 49.4 Å². The second-order valence-electron chi connectivity index (χ2n) is 6.23. The third kappa shape index (κ3) is 3.52. The molecule has 6 heteroatoms. The first-order valence-corrected chi connectivity index (χ1v) is 9.11. The molecule has 0 saturated carbocycles. The van der Waals surface area contributed by atoms with Crippen molar-refractivity contribution >= 4 is 23.6 Å². The molecule has 1 aromatic rings. The summed E-state index contributed by atoms with van der Waals surface area (Å²) in [6.45, 7) is 0. The third-order valence-electron chi connectivity index (χ3n) is 4.64. The molecule has 4 nitrogen and oxygen atoms in total. The highest BCUT2D eigenvalue weighted by molar-refractivity contribution is 7.99. The first-order valence-electron chi connectivity index (χ1n) is 7.95. The molecule has 23 heavy (non-hydrogen) atoms. The van der Waals surface area contributed by atoms with Crippen molar-refractivity contribution < 1.29 is 14.0 Å². The van der Waals surface area contributed by atoms with E-state index >= 15 is 0 Å². The van der Waals surface area contributed by atoms with Gasteiger partial charge in [-0.3, -0.25) is 9.59 Å². The average molecular weight is 336 g/mol. The van der Waals surface area contributed by atoms with Crippen molar-refractivity contribution in [3.8, 4) is 0 Å². The second-order valence-corrected chi connectivity index (χ2v) is 7.38. The number of hydrogen-bond donors (Lipinski definition) is 1. The maximum absolute atomic E-state index is 13.2. The number of benzene rings is 1. The van der Waals surface area contributed by atoms with Gasteiger partial charge in [0.25, 0.3) is 0 Å². The zero-order valence-electron chi connectivity index (χ0n) is 13.1. The van der Waals surface area contributed by atoms with E-state index in [0.29, 0.717) is 0 Å². The quantitative estimate of drug-likeness (QED) is 0.922. The first-order chi connectivity index (χ1) is 11.1. The van der Waals surface area contributed by atoms with Gasteiger partial charge in [-0.25, -0.2) is 4.39 Å². The Hall–Kier alpha value is -1.56. The number of halogens is 1. The van der Waals surface area contributed by atoms with Crippen LogP contribution in [0.2, 0.25) is 0 Å². The van der Waals surface area contributed by atoms with E-state index in [9.17, 15) is 14.0 Å². The summed E-state index contributed by atoms with van der Waals surface area (Å²) in [6, 6.07) is 5.94. The Kier molecular flexibility index (Phi) is 4.90. The van der Waals surface area contributed by atoms with Gasteiger partial charge in [0.05, 0.1) is 12.0 Å². The van der Waals surface area contributed by atoms with Crippen LogP contribution in [0.5, 0.6) is 0 Å². The van der Waals surface area contributed by atoms with E-state index in [1.807, 2.05) is 11.8 Å². The van der Waals surface area contributed by atoms with Crippen molar-refractivity contribution in [2.24, 2.45) is 5.92 Å². The highest BCUT2D eigenvalue weighted by Gasteiger charge is 2.43. The Morgan fingerprint density at radius 1 is 1.35 bits per heavy atom. The number of hydrogen-bond acceptors (Lipinski definition) is 3. The number of nitrogens with zero attached hydrogens (tertiary/aromatic N) is 1. The molecule has 0 radical (unpaired) electrons. The van der Waals surface area contributed by atoms with Crippen molar-refractivity contribution in [3.63, 3.8) is 0 Å². The highest BCUT2D eigenvalue weighted by atomic mass is 32.2. The Morgan fingerprint density at radius 2 is 2.09 bits per heavy atom. The predicted molar refractivity (Wildman–Crippen MR) is 88.5 cm³/mol. The molecule has 2 saturated heterocycles. The number of thioether (sulfide) groups is 1. The van der Waals surface area contributed by atoms with E-state index in [1.165, 1.54) is 12.1 Å². The van der Waals surface area contributed by atoms with Crippen molar-refractivity contribution in [3.05, 3.63) is 35.6 Å². The molecule has 1 aromatic carbocycles. The zero-order valence-corrected chi connectivity index (χ0v) is 13.9. The summed E-state index contributed by atoms with van der Waals surface area (Å²) >= 11 is 1.85. The number of carbonyl (C=O) groups is 2. The average Bonchev–Trinajstić information content (AvgIpc) is 2.85.